The monoisotopic (exact) mass is 529 g/mol. The van der Waals surface area contributed by atoms with Crippen LogP contribution in [-0.4, -0.2) is 38.8 Å². The molecule has 3 aromatic heterocycles. The topological polar surface area (TPSA) is 80.2 Å². The molecule has 0 bridgehead atoms. The van der Waals surface area contributed by atoms with Crippen LogP contribution in [0.5, 0.6) is 5.75 Å². The maximum Gasteiger partial charge on any atom is 0.226 e. The molecule has 1 aliphatic heterocycles. The minimum absolute atomic E-state index is 0.199. The first-order chi connectivity index (χ1) is 18.1. The molecule has 5 aromatic rings. The van der Waals surface area contributed by atoms with Gasteiger partial charge in [0.2, 0.25) is 5.91 Å². The molecule has 9 heteroatoms. The van der Waals surface area contributed by atoms with Gasteiger partial charge in [0.05, 0.1) is 22.5 Å². The second kappa shape index (κ2) is 10.3. The number of hydrogen-bond donors (Lipinski definition) is 1. The van der Waals surface area contributed by atoms with Gasteiger partial charge in [0.25, 0.3) is 0 Å². The van der Waals surface area contributed by atoms with Gasteiger partial charge in [-0.05, 0) is 54.8 Å². The summed E-state index contributed by atoms with van der Waals surface area (Å²) in [6, 6.07) is 17.5. The Morgan fingerprint density at radius 3 is 2.76 bits per heavy atom. The summed E-state index contributed by atoms with van der Waals surface area (Å²) in [6.07, 6.45) is 5.92. The van der Waals surface area contributed by atoms with E-state index in [-0.39, 0.29) is 5.91 Å². The molecule has 0 unspecified atom stereocenters. The van der Waals surface area contributed by atoms with E-state index in [1.54, 1.807) is 23.9 Å². The maximum absolute atomic E-state index is 12.6. The summed E-state index contributed by atoms with van der Waals surface area (Å²) >= 11 is 8.11. The molecule has 0 saturated carbocycles. The molecule has 1 amide bonds. The molecule has 0 aliphatic carbocycles. The van der Waals surface area contributed by atoms with E-state index in [0.717, 1.165) is 63.2 Å². The first-order valence-corrected chi connectivity index (χ1v) is 13.4. The van der Waals surface area contributed by atoms with Crippen molar-refractivity contribution in [2.24, 2.45) is 0 Å². The number of anilines is 2. The number of likely N-dealkylation sites (tertiary alicyclic amines) is 1. The number of thiophene rings is 1. The van der Waals surface area contributed by atoms with E-state index in [1.165, 1.54) is 0 Å². The minimum Gasteiger partial charge on any atom is -0.486 e. The predicted octanol–water partition coefficient (Wildman–Crippen LogP) is 6.38. The lowest BCUT2D eigenvalue weighted by Gasteiger charge is -2.15. The second-order valence-corrected chi connectivity index (χ2v) is 10.4. The summed E-state index contributed by atoms with van der Waals surface area (Å²) in [5, 5.41) is 5.90. The molecule has 1 saturated heterocycles. The van der Waals surface area contributed by atoms with Crippen molar-refractivity contribution in [1.82, 2.24) is 19.9 Å². The Balaban J connectivity index is 1.23. The second-order valence-electron chi connectivity index (χ2n) is 8.98. The highest BCUT2D eigenvalue weighted by molar-refractivity contribution is 7.25. The summed E-state index contributed by atoms with van der Waals surface area (Å²) in [6.45, 7) is 2.08. The molecule has 1 aliphatic rings. The van der Waals surface area contributed by atoms with Crippen molar-refractivity contribution in [1.29, 1.82) is 0 Å². The molecule has 7 nitrogen and oxygen atoms in total. The van der Waals surface area contributed by atoms with Crippen LogP contribution in [0, 0.1) is 0 Å². The van der Waals surface area contributed by atoms with Crippen molar-refractivity contribution in [2.45, 2.75) is 25.9 Å². The molecule has 6 rings (SSSR count). The van der Waals surface area contributed by atoms with Crippen LogP contribution in [-0.2, 0) is 17.8 Å². The molecule has 1 fully saturated rings. The standard InChI is InChI=1S/C28H24ClN5O2S/c29-22-15-19(7-9-23(22)36-16-20-5-1-2-10-30-20)33-27-26-21-8-6-18(14-25(35)34-11-3-4-12-34)13-24(21)37-28(26)32-17-31-27/h1-2,5-10,13,15,17H,3-4,11-12,14,16H2,(H,31,32,33). The predicted molar refractivity (Wildman–Crippen MR) is 148 cm³/mol. The number of carbonyl (C=O) groups is 1. The van der Waals surface area contributed by atoms with Gasteiger partial charge in [0.15, 0.2) is 0 Å². The highest BCUT2D eigenvalue weighted by atomic mass is 35.5. The maximum atomic E-state index is 12.6. The number of fused-ring (bicyclic) bond motifs is 3. The van der Waals surface area contributed by atoms with E-state index in [9.17, 15) is 4.79 Å². The summed E-state index contributed by atoms with van der Waals surface area (Å²) in [5.74, 6) is 1.49. The lowest BCUT2D eigenvalue weighted by molar-refractivity contribution is -0.129. The molecule has 1 N–H and O–H groups in total. The highest BCUT2D eigenvalue weighted by Crippen LogP contribution is 2.38. The minimum atomic E-state index is 0.199. The number of ether oxygens (including phenoxy) is 1. The molecule has 0 atom stereocenters. The number of benzene rings is 2. The van der Waals surface area contributed by atoms with Crippen molar-refractivity contribution in [3.63, 3.8) is 0 Å². The molecule has 186 valence electrons. The van der Waals surface area contributed by atoms with Crippen LogP contribution in [0.3, 0.4) is 0 Å². The Morgan fingerprint density at radius 1 is 1.05 bits per heavy atom. The van der Waals surface area contributed by atoms with E-state index >= 15 is 0 Å². The van der Waals surface area contributed by atoms with Gasteiger partial charge in [0.1, 0.15) is 29.3 Å². The van der Waals surface area contributed by atoms with Crippen LogP contribution in [0.25, 0.3) is 20.3 Å². The first kappa shape index (κ1) is 23.6. The van der Waals surface area contributed by atoms with Crippen molar-refractivity contribution in [3.8, 4) is 5.75 Å². The largest absolute Gasteiger partial charge is 0.486 e. The van der Waals surface area contributed by atoms with Crippen LogP contribution < -0.4 is 10.1 Å². The normalized spacial score (nSPS) is 13.4. The molecule has 37 heavy (non-hydrogen) atoms. The number of halogens is 1. The molecular formula is C28H24ClN5O2S. The SMILES string of the molecule is O=C(Cc1ccc2c(c1)sc1ncnc(Nc3ccc(OCc4ccccn4)c(Cl)c3)c12)N1CCCC1. The van der Waals surface area contributed by atoms with E-state index < -0.39 is 0 Å². The molecule has 2 aromatic carbocycles. The van der Waals surface area contributed by atoms with Crippen molar-refractivity contribution in [2.75, 3.05) is 18.4 Å². The van der Waals surface area contributed by atoms with Gasteiger partial charge in [-0.25, -0.2) is 9.97 Å². The van der Waals surface area contributed by atoms with E-state index in [0.29, 0.717) is 29.6 Å². The highest BCUT2D eigenvalue weighted by Gasteiger charge is 2.19. The molecule has 4 heterocycles. The third-order valence-corrected chi connectivity index (χ3v) is 7.80. The van der Waals surface area contributed by atoms with Gasteiger partial charge in [-0.1, -0.05) is 29.8 Å². The van der Waals surface area contributed by atoms with Gasteiger partial charge in [-0.15, -0.1) is 11.3 Å². The van der Waals surface area contributed by atoms with Gasteiger partial charge >= 0.3 is 0 Å². The Labute approximate surface area is 223 Å². The summed E-state index contributed by atoms with van der Waals surface area (Å²) in [7, 11) is 0. The number of nitrogens with one attached hydrogen (secondary N) is 1. The van der Waals surface area contributed by atoms with Crippen molar-refractivity contribution < 1.29 is 9.53 Å². The zero-order valence-corrected chi connectivity index (χ0v) is 21.6. The Hall–Kier alpha value is -3.75. The number of pyridine rings is 1. The fraction of sp³-hybridized carbons (Fsp3) is 0.214. The number of hydrogen-bond acceptors (Lipinski definition) is 7. The average molecular weight is 530 g/mol. The quantitative estimate of drug-likeness (QED) is 0.263. The van der Waals surface area contributed by atoms with Crippen LogP contribution >= 0.6 is 22.9 Å². The Bertz CT molecular complexity index is 1580. The molecular weight excluding hydrogens is 506 g/mol. The van der Waals surface area contributed by atoms with Gasteiger partial charge in [-0.3, -0.25) is 9.78 Å². The van der Waals surface area contributed by atoms with E-state index in [1.807, 2.05) is 47.4 Å². The number of nitrogens with zero attached hydrogens (tertiary/aromatic N) is 4. The lowest BCUT2D eigenvalue weighted by Crippen LogP contribution is -2.28. The number of amides is 1. The Kier molecular flexibility index (Phi) is 6.59. The summed E-state index contributed by atoms with van der Waals surface area (Å²) in [4.78, 5) is 28.8. The fourth-order valence-electron chi connectivity index (χ4n) is 4.58. The number of carbonyl (C=O) groups excluding carboxylic acids is 1. The van der Waals surface area contributed by atoms with Crippen LogP contribution in [0.4, 0.5) is 11.5 Å². The van der Waals surface area contributed by atoms with E-state index in [4.69, 9.17) is 16.3 Å². The molecule has 0 spiro atoms. The molecule has 0 radical (unpaired) electrons. The summed E-state index contributed by atoms with van der Waals surface area (Å²) in [5.41, 5.74) is 2.64. The van der Waals surface area contributed by atoms with Crippen LogP contribution in [0.15, 0.2) is 67.1 Å². The zero-order chi connectivity index (χ0) is 25.2. The third kappa shape index (κ3) is 5.08. The van der Waals surface area contributed by atoms with Gasteiger partial charge in [0, 0.05) is 35.1 Å². The van der Waals surface area contributed by atoms with Crippen LogP contribution in [0.1, 0.15) is 24.1 Å². The van der Waals surface area contributed by atoms with E-state index in [2.05, 4.69) is 32.4 Å². The van der Waals surface area contributed by atoms with Gasteiger partial charge in [-0.2, -0.15) is 0 Å². The lowest BCUT2D eigenvalue weighted by atomic mass is 10.1. The van der Waals surface area contributed by atoms with Crippen LogP contribution in [0.2, 0.25) is 5.02 Å². The number of aromatic nitrogens is 3. The Morgan fingerprint density at radius 2 is 1.95 bits per heavy atom. The third-order valence-electron chi connectivity index (χ3n) is 6.44. The van der Waals surface area contributed by atoms with Crippen molar-refractivity contribution in [3.05, 3.63) is 83.4 Å². The number of rotatable bonds is 7. The zero-order valence-electron chi connectivity index (χ0n) is 20.0. The summed E-state index contributed by atoms with van der Waals surface area (Å²) < 4.78 is 6.93. The first-order valence-electron chi connectivity index (χ1n) is 12.2. The fourth-order valence-corrected chi connectivity index (χ4v) is 5.92. The van der Waals surface area contributed by atoms with Crippen molar-refractivity contribution >= 4 is 60.7 Å². The average Bonchev–Trinajstić information content (AvgIpc) is 3.57. The smallest absolute Gasteiger partial charge is 0.226 e. The van der Waals surface area contributed by atoms with Gasteiger partial charge < -0.3 is 15.0 Å².